The normalized spacial score (nSPS) is 23.0. The van der Waals surface area contributed by atoms with Gasteiger partial charge in [0.2, 0.25) is 0 Å². The van der Waals surface area contributed by atoms with Crippen LogP contribution < -0.4 is 0 Å². The summed E-state index contributed by atoms with van der Waals surface area (Å²) in [6.45, 7) is 2.07. The van der Waals surface area contributed by atoms with Gasteiger partial charge in [0.15, 0.2) is 11.6 Å². The van der Waals surface area contributed by atoms with Crippen molar-refractivity contribution in [3.63, 3.8) is 0 Å². The Morgan fingerprint density at radius 3 is 2.82 bits per heavy atom. The van der Waals surface area contributed by atoms with Gasteiger partial charge >= 0.3 is 5.03 Å². The van der Waals surface area contributed by atoms with Crippen LogP contribution in [0.5, 0.6) is 0 Å². The first-order valence-electron chi connectivity index (χ1n) is 7.13. The number of unbranched alkanes of at least 4 members (excludes halogenated alkanes) is 1. The molecule has 1 aliphatic carbocycles. The third-order valence-electron chi connectivity index (χ3n) is 3.90. The summed E-state index contributed by atoms with van der Waals surface area (Å²) in [5.41, 5.74) is 1.38. The fourth-order valence-electron chi connectivity index (χ4n) is 2.74. The Labute approximate surface area is 131 Å². The monoisotopic (exact) mass is 318 g/mol. The van der Waals surface area contributed by atoms with Crippen molar-refractivity contribution in [2.75, 3.05) is 0 Å². The lowest BCUT2D eigenvalue weighted by atomic mass is 9.83. The Balaban J connectivity index is 1.97. The quantitative estimate of drug-likeness (QED) is 0.626. The molecule has 1 aromatic rings. The molecule has 0 bridgehead atoms. The van der Waals surface area contributed by atoms with E-state index in [0.29, 0.717) is 5.56 Å². The topological polar surface area (TPSA) is 90.2 Å². The maximum Gasteiger partial charge on any atom is 0.300 e. The maximum absolute atomic E-state index is 12.6. The van der Waals surface area contributed by atoms with Crippen molar-refractivity contribution in [3.8, 4) is 0 Å². The van der Waals surface area contributed by atoms with Gasteiger partial charge in [-0.25, -0.2) is 0 Å². The van der Waals surface area contributed by atoms with Gasteiger partial charge in [-0.3, -0.25) is 24.7 Å². The molecular formula is C15H14N2O4S. The number of hydrogen-bond acceptors (Lipinski definition) is 6. The van der Waals surface area contributed by atoms with Crippen LogP contribution in [-0.2, 0) is 6.42 Å². The first-order valence-corrected chi connectivity index (χ1v) is 8.01. The van der Waals surface area contributed by atoms with Crippen molar-refractivity contribution in [3.05, 3.63) is 50.3 Å². The van der Waals surface area contributed by atoms with E-state index in [0.717, 1.165) is 36.6 Å². The minimum Gasteiger partial charge on any atom is -0.293 e. The van der Waals surface area contributed by atoms with Gasteiger partial charge in [0.1, 0.15) is 5.69 Å². The Morgan fingerprint density at radius 2 is 2.14 bits per heavy atom. The van der Waals surface area contributed by atoms with Crippen molar-refractivity contribution >= 4 is 23.3 Å². The number of nitro groups is 1. The number of Topliss-reactive ketones (excluding diaryl/α,β-unsaturated/α-hetero) is 2. The van der Waals surface area contributed by atoms with E-state index in [-0.39, 0.29) is 22.3 Å². The largest absolute Gasteiger partial charge is 0.300 e. The summed E-state index contributed by atoms with van der Waals surface area (Å²) < 4.78 is 0. The van der Waals surface area contributed by atoms with Crippen molar-refractivity contribution in [1.29, 1.82) is 0 Å². The Morgan fingerprint density at radius 1 is 1.36 bits per heavy atom. The third kappa shape index (κ3) is 2.35. The number of aryl methyl sites for hydroxylation is 1. The van der Waals surface area contributed by atoms with E-state index in [1.165, 1.54) is 6.08 Å². The predicted molar refractivity (Wildman–Crippen MR) is 81.5 cm³/mol. The van der Waals surface area contributed by atoms with Crippen molar-refractivity contribution in [1.82, 2.24) is 4.98 Å². The highest BCUT2D eigenvalue weighted by molar-refractivity contribution is 8.04. The van der Waals surface area contributed by atoms with Gasteiger partial charge in [-0.1, -0.05) is 13.3 Å². The number of carbonyl (C=O) groups excluding carboxylic acids is 2. The van der Waals surface area contributed by atoms with Gasteiger partial charge in [-0.05, 0) is 36.2 Å². The highest BCUT2D eigenvalue weighted by Crippen LogP contribution is 2.43. The summed E-state index contributed by atoms with van der Waals surface area (Å²) >= 11 is 0.866. The number of thioether (sulfide) groups is 1. The number of carbonyl (C=O) groups is 2. The van der Waals surface area contributed by atoms with Crippen LogP contribution in [0.2, 0.25) is 0 Å². The molecule has 7 heteroatoms. The smallest absolute Gasteiger partial charge is 0.293 e. The molecule has 2 unspecified atom stereocenters. The lowest BCUT2D eigenvalue weighted by Gasteiger charge is -2.22. The van der Waals surface area contributed by atoms with E-state index >= 15 is 0 Å². The molecule has 0 aromatic carbocycles. The summed E-state index contributed by atoms with van der Waals surface area (Å²) in [7, 11) is 0. The van der Waals surface area contributed by atoms with E-state index in [9.17, 15) is 19.7 Å². The molecule has 0 saturated carbocycles. The molecule has 2 aliphatic rings. The first-order chi connectivity index (χ1) is 10.5. The fourth-order valence-corrected chi connectivity index (χ4v) is 3.89. The predicted octanol–water partition coefficient (Wildman–Crippen LogP) is 2.65. The second-order valence-corrected chi connectivity index (χ2v) is 6.56. The minimum atomic E-state index is -0.764. The molecule has 114 valence electrons. The summed E-state index contributed by atoms with van der Waals surface area (Å²) in [5.74, 6) is -1.30. The summed E-state index contributed by atoms with van der Waals surface area (Å²) in [6, 6.07) is 1.72. The van der Waals surface area contributed by atoms with Crippen LogP contribution in [0, 0.1) is 16.0 Å². The molecule has 0 radical (unpaired) electrons. The Kier molecular flexibility index (Phi) is 3.82. The maximum atomic E-state index is 12.6. The van der Waals surface area contributed by atoms with Crippen LogP contribution >= 0.6 is 11.8 Å². The SMILES string of the molecule is CCCCc1cnc2c(c1)C(=O)C1SC([N+](=O)[O-])=CC1C2=O. The molecule has 2 atom stereocenters. The number of allylic oxidation sites excluding steroid dienone is 1. The third-order valence-corrected chi connectivity index (χ3v) is 5.19. The zero-order chi connectivity index (χ0) is 15.9. The molecule has 0 spiro atoms. The Bertz CT molecular complexity index is 713. The van der Waals surface area contributed by atoms with E-state index in [1.807, 2.05) is 0 Å². The van der Waals surface area contributed by atoms with Gasteiger partial charge in [-0.2, -0.15) is 0 Å². The molecule has 6 nitrogen and oxygen atoms in total. The lowest BCUT2D eigenvalue weighted by molar-refractivity contribution is -0.410. The van der Waals surface area contributed by atoms with Crippen LogP contribution in [0.1, 0.15) is 46.2 Å². The molecule has 1 aromatic heterocycles. The fraction of sp³-hybridized carbons (Fsp3) is 0.400. The number of pyridine rings is 1. The summed E-state index contributed by atoms with van der Waals surface area (Å²) in [5, 5.41) is 10.0. The molecule has 1 aliphatic heterocycles. The molecule has 0 saturated heterocycles. The molecule has 0 fully saturated rings. The minimum absolute atomic E-state index is 0.129. The number of fused-ring (bicyclic) bond motifs is 2. The van der Waals surface area contributed by atoms with Crippen LogP contribution in [0.4, 0.5) is 0 Å². The van der Waals surface area contributed by atoms with Crippen molar-refractivity contribution in [2.45, 2.75) is 31.4 Å². The van der Waals surface area contributed by atoms with E-state index < -0.39 is 16.1 Å². The number of rotatable bonds is 4. The van der Waals surface area contributed by atoms with Gasteiger partial charge in [0, 0.05) is 17.8 Å². The van der Waals surface area contributed by atoms with Crippen LogP contribution in [0.25, 0.3) is 0 Å². The van der Waals surface area contributed by atoms with E-state index in [1.54, 1.807) is 12.3 Å². The highest BCUT2D eigenvalue weighted by Gasteiger charge is 2.48. The van der Waals surface area contributed by atoms with Crippen LogP contribution in [0.3, 0.4) is 0 Å². The van der Waals surface area contributed by atoms with Crippen molar-refractivity contribution < 1.29 is 14.5 Å². The Hall–Kier alpha value is -2.02. The van der Waals surface area contributed by atoms with Gasteiger partial charge in [0.25, 0.3) is 0 Å². The van der Waals surface area contributed by atoms with Gasteiger partial charge in [-0.15, -0.1) is 0 Å². The van der Waals surface area contributed by atoms with E-state index in [2.05, 4.69) is 11.9 Å². The van der Waals surface area contributed by atoms with E-state index in [4.69, 9.17) is 0 Å². The summed E-state index contributed by atoms with van der Waals surface area (Å²) in [4.78, 5) is 39.5. The zero-order valence-electron chi connectivity index (χ0n) is 11.9. The molecular weight excluding hydrogens is 304 g/mol. The molecule has 22 heavy (non-hydrogen) atoms. The average Bonchev–Trinajstić information content (AvgIpc) is 2.96. The molecule has 2 heterocycles. The van der Waals surface area contributed by atoms with Crippen LogP contribution in [0.15, 0.2) is 23.4 Å². The molecule has 0 N–H and O–H groups in total. The van der Waals surface area contributed by atoms with Gasteiger partial charge < -0.3 is 0 Å². The second kappa shape index (κ2) is 5.64. The van der Waals surface area contributed by atoms with Gasteiger partial charge in [0.05, 0.1) is 16.1 Å². The lowest BCUT2D eigenvalue weighted by Crippen LogP contribution is -2.36. The number of aromatic nitrogens is 1. The number of hydrogen-bond donors (Lipinski definition) is 0. The number of nitrogens with zero attached hydrogens (tertiary/aromatic N) is 2. The molecule has 3 rings (SSSR count). The summed E-state index contributed by atoms with van der Waals surface area (Å²) in [6.07, 6.45) is 5.72. The average molecular weight is 318 g/mol. The number of ketones is 2. The zero-order valence-corrected chi connectivity index (χ0v) is 12.8. The highest BCUT2D eigenvalue weighted by atomic mass is 32.2. The van der Waals surface area contributed by atoms with Crippen molar-refractivity contribution in [2.24, 2.45) is 5.92 Å². The second-order valence-electron chi connectivity index (χ2n) is 5.40. The first kappa shape index (κ1) is 14.9. The van der Waals surface area contributed by atoms with Crippen LogP contribution in [-0.4, -0.2) is 26.7 Å². The standard InChI is InChI=1S/C15H14N2O4S/c1-2-3-4-8-5-9-12(16-7-8)13(18)10-6-11(17(20)21)22-15(10)14(9)19/h5-7,10,15H,2-4H2,1H3. The molecule has 0 amide bonds.